The van der Waals surface area contributed by atoms with Gasteiger partial charge in [0.2, 0.25) is 0 Å². The summed E-state index contributed by atoms with van der Waals surface area (Å²) in [6.45, 7) is 4.83. The van der Waals surface area contributed by atoms with Crippen LogP contribution >= 0.6 is 8.58 Å². The number of hydrogen-bond acceptors (Lipinski definition) is 1. The summed E-state index contributed by atoms with van der Waals surface area (Å²) in [5, 5.41) is 3.36. The van der Waals surface area contributed by atoms with Crippen LogP contribution in [0.5, 0.6) is 0 Å². The van der Waals surface area contributed by atoms with Crippen molar-refractivity contribution < 1.29 is 0 Å². The van der Waals surface area contributed by atoms with Crippen molar-refractivity contribution >= 4 is 8.58 Å². The largest absolute Gasteiger partial charge is 0.316 e. The van der Waals surface area contributed by atoms with E-state index in [0.717, 1.165) is 14.5 Å². The predicted octanol–water partition coefficient (Wildman–Crippen LogP) is 0.904. The van der Waals surface area contributed by atoms with Gasteiger partial charge in [-0.05, 0) is 38.3 Å². The van der Waals surface area contributed by atoms with Crippen molar-refractivity contribution in [2.45, 2.75) is 6.42 Å². The monoisotopic (exact) mass is 131 g/mol. The van der Waals surface area contributed by atoms with E-state index >= 15 is 0 Å². The van der Waals surface area contributed by atoms with Crippen molar-refractivity contribution in [1.82, 2.24) is 5.32 Å². The van der Waals surface area contributed by atoms with Gasteiger partial charge in [0, 0.05) is 0 Å². The summed E-state index contributed by atoms with van der Waals surface area (Å²) in [6.07, 6.45) is 2.87. The van der Waals surface area contributed by atoms with E-state index in [4.69, 9.17) is 0 Å². The molecule has 1 fully saturated rings. The second-order valence-corrected chi connectivity index (χ2v) is 3.53. The first-order valence-electron chi connectivity index (χ1n) is 3.29. The molecule has 8 heavy (non-hydrogen) atoms. The molecule has 0 bridgehead atoms. The zero-order valence-corrected chi connectivity index (χ0v) is 6.41. The van der Waals surface area contributed by atoms with Crippen LogP contribution in [0.15, 0.2) is 0 Å². The first-order chi connectivity index (χ1) is 3.93. The molecule has 48 valence electrons. The molecule has 0 saturated carbocycles. The van der Waals surface area contributed by atoms with Gasteiger partial charge in [0.25, 0.3) is 0 Å². The summed E-state index contributed by atoms with van der Waals surface area (Å²) in [4.78, 5) is 0. The zero-order chi connectivity index (χ0) is 5.82. The molecule has 2 atom stereocenters. The van der Waals surface area contributed by atoms with Gasteiger partial charge in [-0.15, -0.1) is 8.58 Å². The Morgan fingerprint density at radius 3 is 3.12 bits per heavy atom. The number of hydrogen-bond donors (Lipinski definition) is 1. The molecule has 0 amide bonds. The van der Waals surface area contributed by atoms with Gasteiger partial charge >= 0.3 is 0 Å². The Kier molecular flexibility index (Phi) is 2.78. The van der Waals surface area contributed by atoms with Crippen molar-refractivity contribution in [3.63, 3.8) is 0 Å². The Hall–Kier alpha value is 0.390. The van der Waals surface area contributed by atoms with E-state index < -0.39 is 0 Å². The van der Waals surface area contributed by atoms with Crippen LogP contribution in [0, 0.1) is 5.92 Å². The molecule has 0 spiro atoms. The lowest BCUT2D eigenvalue weighted by Crippen LogP contribution is -2.09. The van der Waals surface area contributed by atoms with Gasteiger partial charge < -0.3 is 5.32 Å². The minimum absolute atomic E-state index is 1.01. The van der Waals surface area contributed by atoms with Crippen LogP contribution in [-0.4, -0.2) is 25.9 Å². The standard InChI is InChI=1S/C6H14NP/c1-8-5-6-2-3-7-4-6/h6-8H,2-5H2,1H3/t6-/m0/s1. The molecule has 1 nitrogen and oxygen atoms in total. The second-order valence-electron chi connectivity index (χ2n) is 2.42. The van der Waals surface area contributed by atoms with Gasteiger partial charge in [-0.25, -0.2) is 0 Å². The highest BCUT2D eigenvalue weighted by Gasteiger charge is 2.11. The molecule has 1 rings (SSSR count). The topological polar surface area (TPSA) is 12.0 Å². The Morgan fingerprint density at radius 1 is 1.75 bits per heavy atom. The minimum atomic E-state index is 1.01. The van der Waals surface area contributed by atoms with Crippen LogP contribution in [0.25, 0.3) is 0 Å². The van der Waals surface area contributed by atoms with E-state index in [0.29, 0.717) is 0 Å². The van der Waals surface area contributed by atoms with E-state index in [1.54, 1.807) is 0 Å². The van der Waals surface area contributed by atoms with E-state index in [1.807, 2.05) is 0 Å². The lowest BCUT2D eigenvalue weighted by atomic mass is 10.2. The van der Waals surface area contributed by atoms with Gasteiger partial charge in [0.05, 0.1) is 0 Å². The lowest BCUT2D eigenvalue weighted by Gasteiger charge is -2.02. The summed E-state index contributed by atoms with van der Waals surface area (Å²) in [5.74, 6) is 1.01. The third-order valence-electron chi connectivity index (χ3n) is 1.66. The normalized spacial score (nSPS) is 30.4. The molecular formula is C6H14NP. The van der Waals surface area contributed by atoms with E-state index in [1.165, 1.54) is 25.7 Å². The van der Waals surface area contributed by atoms with Crippen LogP contribution < -0.4 is 5.32 Å². The maximum absolute atomic E-state index is 3.36. The Balaban J connectivity index is 2.06. The average Bonchev–Trinajstić information content (AvgIpc) is 2.19. The zero-order valence-electron chi connectivity index (χ0n) is 5.41. The van der Waals surface area contributed by atoms with Crippen LogP contribution in [0.3, 0.4) is 0 Å². The average molecular weight is 131 g/mol. The van der Waals surface area contributed by atoms with Crippen LogP contribution in [0.1, 0.15) is 6.42 Å². The molecule has 1 aliphatic heterocycles. The molecular weight excluding hydrogens is 117 g/mol. The molecule has 2 heteroatoms. The molecule has 1 heterocycles. The van der Waals surface area contributed by atoms with E-state index in [9.17, 15) is 0 Å². The first kappa shape index (κ1) is 6.51. The maximum Gasteiger partial charge on any atom is -0.00168 e. The summed E-state index contributed by atoms with van der Waals surface area (Å²) in [5.41, 5.74) is 0. The quantitative estimate of drug-likeness (QED) is 0.549. The second kappa shape index (κ2) is 3.42. The molecule has 0 aliphatic carbocycles. The third kappa shape index (κ3) is 1.72. The fourth-order valence-corrected chi connectivity index (χ4v) is 2.10. The number of nitrogens with one attached hydrogen (secondary N) is 1. The summed E-state index contributed by atoms with van der Waals surface area (Å²) >= 11 is 0. The van der Waals surface area contributed by atoms with E-state index in [-0.39, 0.29) is 0 Å². The molecule has 1 unspecified atom stereocenters. The Bertz CT molecular complexity index is 59.5. The van der Waals surface area contributed by atoms with Crippen LogP contribution in [0.4, 0.5) is 0 Å². The van der Waals surface area contributed by atoms with Gasteiger partial charge in [-0.1, -0.05) is 0 Å². The highest BCUT2D eigenvalue weighted by molar-refractivity contribution is 7.36. The molecule has 0 aromatic heterocycles. The molecule has 0 radical (unpaired) electrons. The number of rotatable bonds is 2. The van der Waals surface area contributed by atoms with Crippen molar-refractivity contribution in [1.29, 1.82) is 0 Å². The third-order valence-corrected chi connectivity index (χ3v) is 2.64. The summed E-state index contributed by atoms with van der Waals surface area (Å²) in [6, 6.07) is 0. The lowest BCUT2D eigenvalue weighted by molar-refractivity contribution is 0.661. The molecule has 0 aromatic carbocycles. The van der Waals surface area contributed by atoms with Gasteiger partial charge in [-0.2, -0.15) is 0 Å². The van der Waals surface area contributed by atoms with E-state index in [2.05, 4.69) is 12.0 Å². The summed E-state index contributed by atoms with van der Waals surface area (Å²) < 4.78 is 0. The SMILES string of the molecule is CPC[C@H]1CCNC1. The summed E-state index contributed by atoms with van der Waals surface area (Å²) in [7, 11) is 1.15. The van der Waals surface area contributed by atoms with Crippen molar-refractivity contribution in [3.05, 3.63) is 0 Å². The Labute approximate surface area is 53.0 Å². The van der Waals surface area contributed by atoms with Gasteiger partial charge in [0.1, 0.15) is 0 Å². The van der Waals surface area contributed by atoms with Crippen LogP contribution in [0.2, 0.25) is 0 Å². The highest BCUT2D eigenvalue weighted by Crippen LogP contribution is 2.15. The first-order valence-corrected chi connectivity index (χ1v) is 4.99. The molecule has 1 aliphatic rings. The van der Waals surface area contributed by atoms with Crippen LogP contribution in [-0.2, 0) is 0 Å². The van der Waals surface area contributed by atoms with Crippen molar-refractivity contribution in [2.75, 3.05) is 25.9 Å². The fraction of sp³-hybridized carbons (Fsp3) is 1.00. The smallest absolute Gasteiger partial charge is 0.00168 e. The molecule has 0 aromatic rings. The van der Waals surface area contributed by atoms with Gasteiger partial charge in [-0.3, -0.25) is 0 Å². The van der Waals surface area contributed by atoms with Crippen molar-refractivity contribution in [2.24, 2.45) is 5.92 Å². The van der Waals surface area contributed by atoms with Crippen molar-refractivity contribution in [3.8, 4) is 0 Å². The minimum Gasteiger partial charge on any atom is -0.316 e. The molecule has 1 N–H and O–H groups in total. The van der Waals surface area contributed by atoms with Gasteiger partial charge in [0.15, 0.2) is 0 Å². The predicted molar refractivity (Wildman–Crippen MR) is 40.1 cm³/mol. The fourth-order valence-electron chi connectivity index (χ4n) is 1.18. The maximum atomic E-state index is 3.36. The highest BCUT2D eigenvalue weighted by atomic mass is 31.1. The Morgan fingerprint density at radius 2 is 2.62 bits per heavy atom. The molecule has 1 saturated heterocycles.